The number of carbonyl (C=O) groups is 1. The molecule has 16 heavy (non-hydrogen) atoms. The molecule has 0 atom stereocenters. The van der Waals surface area contributed by atoms with Crippen molar-refractivity contribution >= 4 is 11.7 Å². The topological polar surface area (TPSA) is 61.5 Å². The zero-order chi connectivity index (χ0) is 12.0. The van der Waals surface area contributed by atoms with Gasteiger partial charge >= 0.3 is 5.97 Å². The fraction of sp³-hybridized carbons (Fsp3) is 0.250. The molecule has 0 aliphatic rings. The van der Waals surface area contributed by atoms with Gasteiger partial charge < -0.3 is 15.2 Å². The summed E-state index contributed by atoms with van der Waals surface area (Å²) in [4.78, 5) is 11.0. The van der Waals surface area contributed by atoms with E-state index in [-0.39, 0.29) is 0 Å². The van der Waals surface area contributed by atoms with Crippen LogP contribution in [0.15, 0.2) is 18.2 Å². The van der Waals surface area contributed by atoms with Crippen LogP contribution in [0.2, 0.25) is 0 Å². The van der Waals surface area contributed by atoms with Crippen LogP contribution in [-0.4, -0.2) is 19.7 Å². The number of anilines is 1. The highest BCUT2D eigenvalue weighted by atomic mass is 16.5. The second-order valence-electron chi connectivity index (χ2n) is 2.93. The first-order valence-electron chi connectivity index (χ1n) is 4.79. The molecule has 2 N–H and O–H groups in total. The van der Waals surface area contributed by atoms with E-state index < -0.39 is 5.97 Å². The van der Waals surface area contributed by atoms with E-state index in [1.54, 1.807) is 25.1 Å². The smallest absolute Gasteiger partial charge is 0.384 e. The van der Waals surface area contributed by atoms with Gasteiger partial charge in [-0.3, -0.25) is 0 Å². The average Bonchev–Trinajstić information content (AvgIpc) is 2.27. The molecule has 0 spiro atoms. The highest BCUT2D eigenvalue weighted by Crippen LogP contribution is 2.19. The third kappa shape index (κ3) is 3.21. The molecule has 0 saturated heterocycles. The van der Waals surface area contributed by atoms with Crippen molar-refractivity contribution in [3.63, 3.8) is 0 Å². The Morgan fingerprint density at radius 3 is 2.88 bits per heavy atom. The summed E-state index contributed by atoms with van der Waals surface area (Å²) in [5, 5.41) is 0. The zero-order valence-corrected chi connectivity index (χ0v) is 9.24. The fourth-order valence-corrected chi connectivity index (χ4v) is 1.11. The van der Waals surface area contributed by atoms with Crippen LogP contribution in [0.1, 0.15) is 12.5 Å². The molecule has 0 aromatic heterocycles. The lowest BCUT2D eigenvalue weighted by molar-refractivity contribution is -0.136. The first-order chi connectivity index (χ1) is 7.67. The molecule has 0 heterocycles. The Morgan fingerprint density at radius 1 is 1.50 bits per heavy atom. The van der Waals surface area contributed by atoms with Gasteiger partial charge in [0.2, 0.25) is 0 Å². The Morgan fingerprint density at radius 2 is 2.25 bits per heavy atom. The SMILES string of the molecule is CCOC(=O)C#Cc1cc(N)ccc1OC. The molecule has 1 aromatic carbocycles. The number of hydrogen-bond acceptors (Lipinski definition) is 4. The van der Waals surface area contributed by atoms with Gasteiger partial charge in [0.1, 0.15) is 5.75 Å². The Balaban J connectivity index is 2.94. The van der Waals surface area contributed by atoms with Crippen LogP contribution < -0.4 is 10.5 Å². The minimum Gasteiger partial charge on any atom is -0.495 e. The van der Waals surface area contributed by atoms with Gasteiger partial charge in [0, 0.05) is 11.6 Å². The molecule has 84 valence electrons. The van der Waals surface area contributed by atoms with E-state index in [4.69, 9.17) is 10.5 Å². The van der Waals surface area contributed by atoms with Gasteiger partial charge in [0.05, 0.1) is 19.3 Å². The molecule has 1 rings (SSSR count). The maximum atomic E-state index is 11.0. The van der Waals surface area contributed by atoms with Gasteiger partial charge in [-0.25, -0.2) is 4.79 Å². The molecule has 4 heteroatoms. The Bertz CT molecular complexity index is 443. The minimum absolute atomic E-state index is 0.307. The maximum Gasteiger partial charge on any atom is 0.384 e. The number of nitrogens with two attached hydrogens (primary N) is 1. The Labute approximate surface area is 94.3 Å². The van der Waals surface area contributed by atoms with Gasteiger partial charge in [-0.15, -0.1) is 0 Å². The highest BCUT2D eigenvalue weighted by Gasteiger charge is 2.00. The quantitative estimate of drug-likeness (QED) is 0.461. The van der Waals surface area contributed by atoms with E-state index in [1.165, 1.54) is 7.11 Å². The van der Waals surface area contributed by atoms with E-state index >= 15 is 0 Å². The molecule has 0 radical (unpaired) electrons. The highest BCUT2D eigenvalue weighted by molar-refractivity contribution is 5.89. The van der Waals surface area contributed by atoms with Crippen molar-refractivity contribution in [2.24, 2.45) is 0 Å². The van der Waals surface area contributed by atoms with Gasteiger partial charge in [0.25, 0.3) is 0 Å². The van der Waals surface area contributed by atoms with E-state index in [1.807, 2.05) is 0 Å². The minimum atomic E-state index is -0.563. The van der Waals surface area contributed by atoms with Gasteiger partial charge in [-0.2, -0.15) is 0 Å². The van der Waals surface area contributed by atoms with Crippen LogP contribution >= 0.6 is 0 Å². The predicted molar refractivity (Wildman–Crippen MR) is 60.9 cm³/mol. The third-order valence-corrected chi connectivity index (χ3v) is 1.80. The van der Waals surface area contributed by atoms with Gasteiger partial charge in [0.15, 0.2) is 0 Å². The standard InChI is InChI=1S/C12H13NO3/c1-3-16-12(14)7-4-9-8-10(13)5-6-11(9)15-2/h5-6,8H,3,13H2,1-2H3. The second kappa shape index (κ2) is 5.66. The van der Waals surface area contributed by atoms with Crippen LogP contribution in [-0.2, 0) is 9.53 Å². The monoisotopic (exact) mass is 219 g/mol. The molecule has 0 bridgehead atoms. The molecular formula is C12H13NO3. The van der Waals surface area contributed by atoms with E-state index in [0.717, 1.165) is 0 Å². The number of nitrogen functional groups attached to an aromatic ring is 1. The number of carbonyl (C=O) groups excluding carboxylic acids is 1. The largest absolute Gasteiger partial charge is 0.495 e. The summed E-state index contributed by atoms with van der Waals surface area (Å²) in [5.74, 6) is 5.03. The molecule has 0 fully saturated rings. The number of benzene rings is 1. The Hall–Kier alpha value is -2.15. The summed E-state index contributed by atoms with van der Waals surface area (Å²) in [6, 6.07) is 5.05. The van der Waals surface area contributed by atoms with Gasteiger partial charge in [-0.1, -0.05) is 5.92 Å². The van der Waals surface area contributed by atoms with Crippen molar-refractivity contribution in [1.29, 1.82) is 0 Å². The molecule has 0 amide bonds. The van der Waals surface area contributed by atoms with Crippen LogP contribution in [0.5, 0.6) is 5.75 Å². The predicted octanol–water partition coefficient (Wildman–Crippen LogP) is 1.19. The second-order valence-corrected chi connectivity index (χ2v) is 2.93. The fourth-order valence-electron chi connectivity index (χ4n) is 1.11. The maximum absolute atomic E-state index is 11.0. The number of ether oxygens (including phenoxy) is 2. The first kappa shape index (κ1) is 11.9. The van der Waals surface area contributed by atoms with Gasteiger partial charge in [-0.05, 0) is 25.1 Å². The molecule has 0 unspecified atom stereocenters. The summed E-state index contributed by atoms with van der Waals surface area (Å²) in [6.45, 7) is 2.03. The lowest BCUT2D eigenvalue weighted by Gasteiger charge is -2.03. The van der Waals surface area contributed by atoms with Crippen molar-refractivity contribution in [1.82, 2.24) is 0 Å². The van der Waals surface area contributed by atoms with Crippen LogP contribution in [0.3, 0.4) is 0 Å². The number of hydrogen-bond donors (Lipinski definition) is 1. The number of methoxy groups -OCH3 is 1. The Kier molecular flexibility index (Phi) is 4.22. The third-order valence-electron chi connectivity index (χ3n) is 1.80. The zero-order valence-electron chi connectivity index (χ0n) is 9.24. The van der Waals surface area contributed by atoms with Crippen molar-refractivity contribution < 1.29 is 14.3 Å². The molecule has 1 aromatic rings. The van der Waals surface area contributed by atoms with Crippen molar-refractivity contribution in [3.05, 3.63) is 23.8 Å². The summed E-state index contributed by atoms with van der Waals surface area (Å²) in [7, 11) is 1.53. The number of rotatable bonds is 2. The first-order valence-corrected chi connectivity index (χ1v) is 4.79. The average molecular weight is 219 g/mol. The molecule has 4 nitrogen and oxygen atoms in total. The van der Waals surface area contributed by atoms with E-state index in [2.05, 4.69) is 16.6 Å². The van der Waals surface area contributed by atoms with Crippen molar-refractivity contribution in [2.45, 2.75) is 6.92 Å². The van der Waals surface area contributed by atoms with Crippen LogP contribution in [0.4, 0.5) is 5.69 Å². The summed E-state index contributed by atoms with van der Waals surface area (Å²) < 4.78 is 9.77. The number of esters is 1. The molecule has 0 aliphatic carbocycles. The summed E-state index contributed by atoms with van der Waals surface area (Å²) in [6.07, 6.45) is 0. The van der Waals surface area contributed by atoms with E-state index in [9.17, 15) is 4.79 Å². The summed E-state index contributed by atoms with van der Waals surface area (Å²) >= 11 is 0. The lowest BCUT2D eigenvalue weighted by Crippen LogP contribution is -2.00. The van der Waals surface area contributed by atoms with Crippen LogP contribution in [0, 0.1) is 11.8 Å². The lowest BCUT2D eigenvalue weighted by atomic mass is 10.2. The summed E-state index contributed by atoms with van der Waals surface area (Å²) in [5.41, 5.74) is 6.74. The van der Waals surface area contributed by atoms with Crippen molar-refractivity contribution in [2.75, 3.05) is 19.5 Å². The molecule has 0 saturated carbocycles. The van der Waals surface area contributed by atoms with E-state index in [0.29, 0.717) is 23.6 Å². The molecular weight excluding hydrogens is 206 g/mol. The normalized spacial score (nSPS) is 8.88. The molecule has 0 aliphatic heterocycles. The van der Waals surface area contributed by atoms with Crippen LogP contribution in [0.25, 0.3) is 0 Å². The van der Waals surface area contributed by atoms with Crippen molar-refractivity contribution in [3.8, 4) is 17.6 Å².